The van der Waals surface area contributed by atoms with Gasteiger partial charge in [-0.3, -0.25) is 4.79 Å². The molecule has 1 amide bonds. The molecule has 0 aromatic carbocycles. The summed E-state index contributed by atoms with van der Waals surface area (Å²) in [6.07, 6.45) is 7.02. The Labute approximate surface area is 109 Å². The van der Waals surface area contributed by atoms with Crippen LogP contribution in [0, 0.1) is 0 Å². The average molecular weight is 262 g/mol. The number of carbonyl (C=O) groups is 2. The van der Waals surface area contributed by atoms with Crippen LogP contribution in [0.3, 0.4) is 0 Å². The molecule has 0 spiro atoms. The Balaban J connectivity index is 2.14. The van der Waals surface area contributed by atoms with Crippen molar-refractivity contribution in [3.63, 3.8) is 0 Å². The lowest BCUT2D eigenvalue weighted by atomic mass is 10.2. The van der Waals surface area contributed by atoms with Gasteiger partial charge in [0.25, 0.3) is 0 Å². The van der Waals surface area contributed by atoms with Gasteiger partial charge in [0.1, 0.15) is 6.04 Å². The Morgan fingerprint density at radius 2 is 2.11 bits per heavy atom. The Kier molecular flexibility index (Phi) is 3.74. The van der Waals surface area contributed by atoms with Crippen LogP contribution in [-0.2, 0) is 9.59 Å². The molecule has 2 rings (SSSR count). The first kappa shape index (κ1) is 13.0. The van der Waals surface area contributed by atoms with Crippen LogP contribution in [0.15, 0.2) is 18.5 Å². The predicted octanol–water partition coefficient (Wildman–Crippen LogP) is 0.0285. The molecule has 1 unspecified atom stereocenters. The number of aromatic nitrogens is 2. The minimum atomic E-state index is -1.03. The van der Waals surface area contributed by atoms with E-state index in [9.17, 15) is 9.59 Å². The smallest absolute Gasteiger partial charge is 0.328 e. The fraction of sp³-hybridized carbons (Fsp3) is 0.333. The third kappa shape index (κ3) is 3.06. The summed E-state index contributed by atoms with van der Waals surface area (Å²) in [5.41, 5.74) is 5.91. The number of hydrogen-bond donors (Lipinski definition) is 2. The molecular formula is C12H14N4O3. The highest BCUT2D eigenvalue weighted by Gasteiger charge is 2.30. The van der Waals surface area contributed by atoms with Crippen molar-refractivity contribution in [1.82, 2.24) is 9.97 Å². The summed E-state index contributed by atoms with van der Waals surface area (Å²) in [4.78, 5) is 31.7. The molecule has 19 heavy (non-hydrogen) atoms. The molecule has 0 bridgehead atoms. The summed E-state index contributed by atoms with van der Waals surface area (Å²) in [7, 11) is 0. The quantitative estimate of drug-likeness (QED) is 0.741. The van der Waals surface area contributed by atoms with E-state index in [1.54, 1.807) is 4.90 Å². The number of carbonyl (C=O) groups excluding carboxylic acids is 1. The zero-order valence-corrected chi connectivity index (χ0v) is 10.2. The van der Waals surface area contributed by atoms with Crippen LogP contribution in [-0.4, -0.2) is 39.5 Å². The van der Waals surface area contributed by atoms with Gasteiger partial charge in [-0.25, -0.2) is 14.8 Å². The molecule has 2 heterocycles. The number of carboxylic acids is 1. The molecule has 1 aliphatic rings. The van der Waals surface area contributed by atoms with E-state index in [1.165, 1.54) is 18.5 Å². The maximum atomic E-state index is 11.3. The third-order valence-electron chi connectivity index (χ3n) is 2.91. The van der Waals surface area contributed by atoms with Crippen molar-refractivity contribution >= 4 is 23.9 Å². The SMILES string of the molecule is NC(=O)C1CCCN1c1ncc(/C=C/C(=O)O)cn1. The lowest BCUT2D eigenvalue weighted by molar-refractivity contribution is -0.131. The largest absolute Gasteiger partial charge is 0.478 e. The van der Waals surface area contributed by atoms with Crippen molar-refractivity contribution in [3.8, 4) is 0 Å². The lowest BCUT2D eigenvalue weighted by Gasteiger charge is -2.21. The van der Waals surface area contributed by atoms with Gasteiger partial charge < -0.3 is 15.7 Å². The van der Waals surface area contributed by atoms with Gasteiger partial charge in [0.05, 0.1) is 0 Å². The second-order valence-corrected chi connectivity index (χ2v) is 4.24. The van der Waals surface area contributed by atoms with Gasteiger partial charge >= 0.3 is 5.97 Å². The number of amides is 1. The first-order valence-corrected chi connectivity index (χ1v) is 5.87. The van der Waals surface area contributed by atoms with E-state index < -0.39 is 5.97 Å². The first-order valence-electron chi connectivity index (χ1n) is 5.87. The molecule has 1 atom stereocenters. The van der Waals surface area contributed by atoms with Crippen molar-refractivity contribution in [1.29, 1.82) is 0 Å². The van der Waals surface area contributed by atoms with Gasteiger partial charge in [0, 0.05) is 30.6 Å². The molecular weight excluding hydrogens is 248 g/mol. The Morgan fingerprint density at radius 3 is 2.68 bits per heavy atom. The maximum Gasteiger partial charge on any atom is 0.328 e. The normalized spacial score (nSPS) is 18.9. The topological polar surface area (TPSA) is 109 Å². The molecule has 1 saturated heterocycles. The van der Waals surface area contributed by atoms with E-state index in [1.807, 2.05) is 0 Å². The average Bonchev–Trinajstić information content (AvgIpc) is 2.86. The molecule has 3 N–H and O–H groups in total. The van der Waals surface area contributed by atoms with Crippen LogP contribution >= 0.6 is 0 Å². The number of nitrogens with two attached hydrogens (primary N) is 1. The number of hydrogen-bond acceptors (Lipinski definition) is 5. The fourth-order valence-electron chi connectivity index (χ4n) is 2.03. The summed E-state index contributed by atoms with van der Waals surface area (Å²) >= 11 is 0. The van der Waals surface area contributed by atoms with E-state index in [0.717, 1.165) is 12.5 Å². The minimum Gasteiger partial charge on any atom is -0.478 e. The van der Waals surface area contributed by atoms with Gasteiger partial charge in [-0.2, -0.15) is 0 Å². The Hall–Kier alpha value is -2.44. The van der Waals surface area contributed by atoms with Crippen LogP contribution in [0.1, 0.15) is 18.4 Å². The molecule has 1 aromatic heterocycles. The molecule has 0 saturated carbocycles. The zero-order chi connectivity index (χ0) is 13.8. The van der Waals surface area contributed by atoms with Crippen molar-refractivity contribution in [2.45, 2.75) is 18.9 Å². The van der Waals surface area contributed by atoms with Crippen molar-refractivity contribution < 1.29 is 14.7 Å². The lowest BCUT2D eigenvalue weighted by Crippen LogP contribution is -2.41. The van der Waals surface area contributed by atoms with Crippen LogP contribution in [0.5, 0.6) is 0 Å². The van der Waals surface area contributed by atoms with Gasteiger partial charge in [-0.05, 0) is 18.9 Å². The molecule has 7 heteroatoms. The van der Waals surface area contributed by atoms with Crippen molar-refractivity contribution in [2.24, 2.45) is 5.73 Å². The maximum absolute atomic E-state index is 11.3. The highest BCUT2D eigenvalue weighted by molar-refractivity contribution is 5.85. The van der Waals surface area contributed by atoms with Gasteiger partial charge in [-0.15, -0.1) is 0 Å². The first-order chi connectivity index (χ1) is 9.08. The number of nitrogens with zero attached hydrogens (tertiary/aromatic N) is 3. The molecule has 0 radical (unpaired) electrons. The van der Waals surface area contributed by atoms with Gasteiger partial charge in [0.2, 0.25) is 11.9 Å². The van der Waals surface area contributed by atoms with Crippen LogP contribution in [0.4, 0.5) is 5.95 Å². The third-order valence-corrected chi connectivity index (χ3v) is 2.91. The predicted molar refractivity (Wildman–Crippen MR) is 68.3 cm³/mol. The van der Waals surface area contributed by atoms with Crippen LogP contribution in [0.25, 0.3) is 6.08 Å². The summed E-state index contributed by atoms with van der Waals surface area (Å²) in [6, 6.07) is -0.361. The number of carboxylic acid groups (broad SMARTS) is 1. The Bertz CT molecular complexity index is 512. The van der Waals surface area contributed by atoms with Crippen molar-refractivity contribution in [2.75, 3.05) is 11.4 Å². The number of primary amides is 1. The second-order valence-electron chi connectivity index (χ2n) is 4.24. The standard InChI is InChI=1S/C12H14N4O3/c13-11(19)9-2-1-5-16(9)12-14-6-8(7-15-12)3-4-10(17)18/h3-4,6-7,9H,1-2,5H2,(H2,13,19)(H,17,18)/b4-3+. The van der Waals surface area contributed by atoms with Crippen LogP contribution in [0.2, 0.25) is 0 Å². The molecule has 100 valence electrons. The fourth-order valence-corrected chi connectivity index (χ4v) is 2.03. The Morgan fingerprint density at radius 1 is 1.42 bits per heavy atom. The number of aliphatic carboxylic acids is 1. The minimum absolute atomic E-state index is 0.361. The summed E-state index contributed by atoms with van der Waals surface area (Å²) in [5.74, 6) is -0.970. The number of rotatable bonds is 4. The summed E-state index contributed by atoms with van der Waals surface area (Å²) in [5, 5.41) is 8.51. The van der Waals surface area contributed by atoms with E-state index in [0.29, 0.717) is 24.5 Å². The summed E-state index contributed by atoms with van der Waals surface area (Å²) < 4.78 is 0. The van der Waals surface area contributed by atoms with Crippen molar-refractivity contribution in [3.05, 3.63) is 24.0 Å². The molecule has 1 aliphatic heterocycles. The van der Waals surface area contributed by atoms with Gasteiger partial charge in [-0.1, -0.05) is 0 Å². The molecule has 0 aliphatic carbocycles. The van der Waals surface area contributed by atoms with Gasteiger partial charge in [0.15, 0.2) is 0 Å². The number of anilines is 1. The molecule has 1 aromatic rings. The zero-order valence-electron chi connectivity index (χ0n) is 10.2. The molecule has 7 nitrogen and oxygen atoms in total. The van der Waals surface area contributed by atoms with E-state index in [-0.39, 0.29) is 11.9 Å². The second kappa shape index (κ2) is 5.47. The van der Waals surface area contributed by atoms with E-state index >= 15 is 0 Å². The van der Waals surface area contributed by atoms with Crippen LogP contribution < -0.4 is 10.6 Å². The molecule has 1 fully saturated rings. The highest BCUT2D eigenvalue weighted by atomic mass is 16.4. The highest BCUT2D eigenvalue weighted by Crippen LogP contribution is 2.21. The monoisotopic (exact) mass is 262 g/mol. The van der Waals surface area contributed by atoms with E-state index in [4.69, 9.17) is 10.8 Å². The van der Waals surface area contributed by atoms with E-state index in [2.05, 4.69) is 9.97 Å². The summed E-state index contributed by atoms with van der Waals surface area (Å²) in [6.45, 7) is 0.692.